The number of nitrogens with one attached hydrogen (secondary N) is 1. The van der Waals surface area contributed by atoms with Crippen LogP contribution in [-0.2, 0) is 11.2 Å². The van der Waals surface area contributed by atoms with Gasteiger partial charge >= 0.3 is 0 Å². The number of nitriles is 1. The van der Waals surface area contributed by atoms with E-state index in [0.717, 1.165) is 22.7 Å². The number of benzene rings is 2. The first-order chi connectivity index (χ1) is 17.4. The lowest BCUT2D eigenvalue weighted by Gasteiger charge is -2.13. The number of carbonyl (C=O) groups is 1. The third kappa shape index (κ3) is 7.17. The summed E-state index contributed by atoms with van der Waals surface area (Å²) in [6.45, 7) is 8.41. The maximum Gasteiger partial charge on any atom is 0.268 e. The Hall–Kier alpha value is -4.16. The lowest BCUT2D eigenvalue weighted by molar-refractivity contribution is -0.112. The van der Waals surface area contributed by atoms with Crippen molar-refractivity contribution in [1.29, 1.82) is 5.26 Å². The van der Waals surface area contributed by atoms with Crippen molar-refractivity contribution in [2.75, 3.05) is 25.6 Å². The topological polar surface area (TPSA) is 106 Å². The van der Waals surface area contributed by atoms with Gasteiger partial charge in [0, 0.05) is 5.92 Å². The van der Waals surface area contributed by atoms with E-state index in [2.05, 4.69) is 22.1 Å². The second-order valence-corrected chi connectivity index (χ2v) is 8.94. The van der Waals surface area contributed by atoms with E-state index in [1.807, 2.05) is 50.3 Å². The van der Waals surface area contributed by atoms with Gasteiger partial charge in [-0.2, -0.15) is 5.26 Å². The standard InChI is InChI=1S/C27H28N4O4S/c1-5-8-20-9-6-7-10-22(20)34-13-14-35-23-12-11-19(16-24(23)33-4)15-21(17-28)25(32)29-27-31-30-26(36-27)18(2)3/h5-7,9-12,15-16,18H,1,8,13-14H2,2-4H3,(H,29,31,32). The zero-order chi connectivity index (χ0) is 25.9. The molecule has 0 aliphatic heterocycles. The highest BCUT2D eigenvalue weighted by Gasteiger charge is 2.15. The first-order valence-electron chi connectivity index (χ1n) is 11.3. The van der Waals surface area contributed by atoms with Gasteiger partial charge in [0.15, 0.2) is 11.5 Å². The Morgan fingerprint density at radius 3 is 2.56 bits per heavy atom. The number of allylic oxidation sites excluding steroid dienone is 1. The minimum absolute atomic E-state index is 0.0707. The molecule has 1 amide bonds. The molecule has 0 aliphatic rings. The minimum atomic E-state index is -0.558. The molecule has 0 unspecified atom stereocenters. The van der Waals surface area contributed by atoms with Crippen molar-refractivity contribution in [3.8, 4) is 23.3 Å². The number of ether oxygens (including phenoxy) is 3. The molecule has 3 aromatic rings. The van der Waals surface area contributed by atoms with Crippen LogP contribution in [0.1, 0.15) is 35.9 Å². The van der Waals surface area contributed by atoms with Crippen LogP contribution in [0.5, 0.6) is 17.2 Å². The summed E-state index contributed by atoms with van der Waals surface area (Å²) in [6.07, 6.45) is 4.04. The molecule has 0 spiro atoms. The van der Waals surface area contributed by atoms with Crippen molar-refractivity contribution in [3.05, 3.63) is 76.8 Å². The number of carbonyl (C=O) groups excluding carboxylic acids is 1. The van der Waals surface area contributed by atoms with Crippen molar-refractivity contribution < 1.29 is 19.0 Å². The highest BCUT2D eigenvalue weighted by atomic mass is 32.1. The van der Waals surface area contributed by atoms with Crippen molar-refractivity contribution >= 4 is 28.5 Å². The van der Waals surface area contributed by atoms with Gasteiger partial charge in [0.05, 0.1) is 7.11 Å². The molecular formula is C27H28N4O4S. The number of rotatable bonds is 12. The molecular weight excluding hydrogens is 476 g/mol. The van der Waals surface area contributed by atoms with Crippen molar-refractivity contribution in [1.82, 2.24) is 10.2 Å². The molecule has 2 aromatic carbocycles. The molecule has 0 saturated heterocycles. The fraction of sp³-hybridized carbons (Fsp3) is 0.259. The normalized spacial score (nSPS) is 11.0. The third-order valence-corrected chi connectivity index (χ3v) is 6.09. The molecule has 0 radical (unpaired) electrons. The summed E-state index contributed by atoms with van der Waals surface area (Å²) < 4.78 is 17.1. The first-order valence-corrected chi connectivity index (χ1v) is 12.2. The van der Waals surface area contributed by atoms with Crippen LogP contribution in [0, 0.1) is 11.3 Å². The highest BCUT2D eigenvalue weighted by Crippen LogP contribution is 2.29. The molecule has 1 N–H and O–H groups in total. The van der Waals surface area contributed by atoms with Crippen LogP contribution >= 0.6 is 11.3 Å². The smallest absolute Gasteiger partial charge is 0.268 e. The van der Waals surface area contributed by atoms with Crippen LogP contribution in [0.2, 0.25) is 0 Å². The number of para-hydroxylation sites is 1. The second kappa shape index (κ2) is 13.1. The molecule has 36 heavy (non-hydrogen) atoms. The summed E-state index contributed by atoms with van der Waals surface area (Å²) in [6, 6.07) is 14.9. The zero-order valence-corrected chi connectivity index (χ0v) is 21.3. The fourth-order valence-corrected chi connectivity index (χ4v) is 3.90. The van der Waals surface area contributed by atoms with Gasteiger partial charge < -0.3 is 14.2 Å². The zero-order valence-electron chi connectivity index (χ0n) is 20.5. The first kappa shape index (κ1) is 26.4. The lowest BCUT2D eigenvalue weighted by atomic mass is 10.1. The van der Waals surface area contributed by atoms with Gasteiger partial charge in [0.25, 0.3) is 5.91 Å². The maximum atomic E-state index is 12.6. The summed E-state index contributed by atoms with van der Waals surface area (Å²) in [4.78, 5) is 12.6. The number of nitrogens with zero attached hydrogens (tertiary/aromatic N) is 3. The average Bonchev–Trinajstić information content (AvgIpc) is 3.35. The van der Waals surface area contributed by atoms with E-state index in [0.29, 0.717) is 35.4 Å². The Balaban J connectivity index is 1.63. The summed E-state index contributed by atoms with van der Waals surface area (Å²) in [5, 5.41) is 21.3. The average molecular weight is 505 g/mol. The molecule has 0 bridgehead atoms. The lowest BCUT2D eigenvalue weighted by Crippen LogP contribution is -2.13. The molecule has 1 aromatic heterocycles. The summed E-state index contributed by atoms with van der Waals surface area (Å²) >= 11 is 1.28. The third-order valence-electron chi connectivity index (χ3n) is 4.95. The van der Waals surface area contributed by atoms with E-state index >= 15 is 0 Å². The van der Waals surface area contributed by atoms with Gasteiger partial charge in [-0.05, 0) is 41.8 Å². The van der Waals surface area contributed by atoms with Gasteiger partial charge in [-0.15, -0.1) is 16.8 Å². The number of amides is 1. The molecule has 1 heterocycles. The van der Waals surface area contributed by atoms with E-state index in [1.165, 1.54) is 24.5 Å². The molecule has 186 valence electrons. The van der Waals surface area contributed by atoms with E-state index < -0.39 is 5.91 Å². The molecule has 0 saturated carbocycles. The van der Waals surface area contributed by atoms with Gasteiger partial charge in [0.2, 0.25) is 5.13 Å². The monoisotopic (exact) mass is 504 g/mol. The number of aromatic nitrogens is 2. The van der Waals surface area contributed by atoms with Crippen LogP contribution in [-0.4, -0.2) is 36.4 Å². The maximum absolute atomic E-state index is 12.6. The quantitative estimate of drug-likeness (QED) is 0.152. The number of hydrogen-bond acceptors (Lipinski definition) is 8. The van der Waals surface area contributed by atoms with Crippen molar-refractivity contribution in [3.63, 3.8) is 0 Å². The summed E-state index contributed by atoms with van der Waals surface area (Å²) in [5.41, 5.74) is 1.60. The molecule has 0 atom stereocenters. The highest BCUT2D eigenvalue weighted by molar-refractivity contribution is 7.15. The van der Waals surface area contributed by atoms with Gasteiger partial charge in [0.1, 0.15) is 35.6 Å². The van der Waals surface area contributed by atoms with Gasteiger partial charge in [-0.25, -0.2) is 0 Å². The van der Waals surface area contributed by atoms with Crippen LogP contribution in [0.25, 0.3) is 6.08 Å². The number of anilines is 1. The summed E-state index contributed by atoms with van der Waals surface area (Å²) in [5.74, 6) is 1.43. The van der Waals surface area contributed by atoms with Crippen LogP contribution in [0.4, 0.5) is 5.13 Å². The molecule has 8 nitrogen and oxygen atoms in total. The molecule has 9 heteroatoms. The number of methoxy groups -OCH3 is 1. The van der Waals surface area contributed by atoms with Crippen LogP contribution < -0.4 is 19.5 Å². The summed E-state index contributed by atoms with van der Waals surface area (Å²) in [7, 11) is 1.53. The van der Waals surface area contributed by atoms with Crippen molar-refractivity contribution in [2.45, 2.75) is 26.2 Å². The Bertz CT molecular complexity index is 1280. The van der Waals surface area contributed by atoms with Gasteiger partial charge in [-0.1, -0.05) is 55.5 Å². The van der Waals surface area contributed by atoms with Crippen LogP contribution in [0.3, 0.4) is 0 Å². The second-order valence-electron chi connectivity index (χ2n) is 7.93. The number of hydrogen-bond donors (Lipinski definition) is 1. The fourth-order valence-electron chi connectivity index (χ4n) is 3.16. The van der Waals surface area contributed by atoms with E-state index in [9.17, 15) is 10.1 Å². The Labute approximate surface area is 214 Å². The predicted octanol–water partition coefficient (Wildman–Crippen LogP) is 5.40. The Morgan fingerprint density at radius 2 is 1.89 bits per heavy atom. The van der Waals surface area contributed by atoms with Gasteiger partial charge in [-0.3, -0.25) is 10.1 Å². The van der Waals surface area contributed by atoms with E-state index in [-0.39, 0.29) is 11.5 Å². The Morgan fingerprint density at radius 1 is 1.14 bits per heavy atom. The largest absolute Gasteiger partial charge is 0.493 e. The predicted molar refractivity (Wildman–Crippen MR) is 141 cm³/mol. The minimum Gasteiger partial charge on any atom is -0.493 e. The van der Waals surface area contributed by atoms with Crippen LogP contribution in [0.15, 0.2) is 60.7 Å². The molecule has 3 rings (SSSR count). The SMILES string of the molecule is C=CCc1ccccc1OCCOc1ccc(C=C(C#N)C(=O)Nc2nnc(C(C)C)s2)cc1OC. The van der Waals surface area contributed by atoms with E-state index in [4.69, 9.17) is 14.2 Å². The van der Waals surface area contributed by atoms with Crippen molar-refractivity contribution in [2.24, 2.45) is 0 Å². The molecule has 0 aliphatic carbocycles. The van der Waals surface area contributed by atoms with E-state index in [1.54, 1.807) is 18.2 Å². The molecule has 0 fully saturated rings. The Kier molecular flexibility index (Phi) is 9.60.